The van der Waals surface area contributed by atoms with Crippen molar-refractivity contribution < 1.29 is 13.5 Å². The molecule has 4 nitrogen and oxygen atoms in total. The van der Waals surface area contributed by atoms with E-state index in [0.717, 1.165) is 28.5 Å². The molecule has 1 aliphatic heterocycles. The Morgan fingerprint density at radius 1 is 1.07 bits per heavy atom. The Hall–Kier alpha value is -1.73. The Morgan fingerprint density at radius 3 is 2.56 bits per heavy atom. The van der Waals surface area contributed by atoms with E-state index in [0.29, 0.717) is 23.7 Å². The Bertz CT molecular complexity index is 997. The predicted octanol–water partition coefficient (Wildman–Crippen LogP) is 3.91. The fraction of sp³-hybridized carbons (Fsp3) is 0.333. The molecule has 0 amide bonds. The first-order valence-corrected chi connectivity index (χ1v) is 11.4. The fourth-order valence-corrected chi connectivity index (χ4v) is 7.08. The molecular formula is C21H23NO3S2. The van der Waals surface area contributed by atoms with Crippen LogP contribution in [0, 0.1) is 5.41 Å². The first-order chi connectivity index (χ1) is 13.0. The number of hydrogen-bond donors (Lipinski definition) is 1. The first-order valence-electron chi connectivity index (χ1n) is 9.16. The zero-order valence-corrected chi connectivity index (χ0v) is 16.7. The summed E-state index contributed by atoms with van der Waals surface area (Å²) in [6.07, 6.45) is 2.27. The van der Waals surface area contributed by atoms with Gasteiger partial charge in [-0.25, -0.2) is 8.42 Å². The van der Waals surface area contributed by atoms with Gasteiger partial charge in [-0.15, -0.1) is 11.3 Å². The lowest BCUT2D eigenvalue weighted by atomic mass is 9.76. The molecule has 6 heteroatoms. The molecule has 1 N–H and O–H groups in total. The summed E-state index contributed by atoms with van der Waals surface area (Å²) >= 11 is 1.32. The maximum Gasteiger partial charge on any atom is 0.252 e. The molecule has 1 aliphatic rings. The minimum atomic E-state index is -3.56. The zero-order valence-electron chi connectivity index (χ0n) is 15.0. The fourth-order valence-electron chi connectivity index (χ4n) is 3.94. The van der Waals surface area contributed by atoms with Crippen molar-refractivity contribution in [1.82, 2.24) is 4.31 Å². The Morgan fingerprint density at radius 2 is 1.81 bits per heavy atom. The first kappa shape index (κ1) is 18.6. The van der Waals surface area contributed by atoms with Crippen LogP contribution in [0.5, 0.6) is 0 Å². The molecule has 1 aromatic heterocycles. The van der Waals surface area contributed by atoms with Gasteiger partial charge in [0.1, 0.15) is 4.21 Å². The average molecular weight is 402 g/mol. The van der Waals surface area contributed by atoms with Crippen LogP contribution < -0.4 is 0 Å². The molecule has 3 aromatic rings. The van der Waals surface area contributed by atoms with Crippen LogP contribution in [0.4, 0.5) is 0 Å². The molecule has 0 bridgehead atoms. The third kappa shape index (κ3) is 3.67. The summed E-state index contributed by atoms with van der Waals surface area (Å²) in [4.78, 5) is 0. The van der Waals surface area contributed by atoms with Crippen LogP contribution in [0.2, 0.25) is 0 Å². The van der Waals surface area contributed by atoms with Gasteiger partial charge in [0.2, 0.25) is 0 Å². The highest BCUT2D eigenvalue weighted by Gasteiger charge is 2.40. The topological polar surface area (TPSA) is 57.6 Å². The molecule has 1 atom stereocenters. The minimum absolute atomic E-state index is 0.0136. The van der Waals surface area contributed by atoms with E-state index in [4.69, 9.17) is 0 Å². The third-order valence-electron chi connectivity index (χ3n) is 5.38. The van der Waals surface area contributed by atoms with E-state index in [2.05, 4.69) is 0 Å². The minimum Gasteiger partial charge on any atom is -0.396 e. The van der Waals surface area contributed by atoms with Gasteiger partial charge in [0.15, 0.2) is 0 Å². The van der Waals surface area contributed by atoms with Crippen molar-refractivity contribution in [3.63, 3.8) is 0 Å². The third-order valence-corrected chi connectivity index (χ3v) is 8.79. The number of aliphatic hydroxyl groups is 1. The van der Waals surface area contributed by atoms with Crippen molar-refractivity contribution in [1.29, 1.82) is 0 Å². The molecule has 1 saturated heterocycles. The molecule has 0 aliphatic carbocycles. The van der Waals surface area contributed by atoms with Crippen LogP contribution in [0.3, 0.4) is 0 Å². The molecular weight excluding hydrogens is 378 g/mol. The largest absolute Gasteiger partial charge is 0.396 e. The van der Waals surface area contributed by atoms with Crippen LogP contribution in [-0.4, -0.2) is 37.5 Å². The molecule has 27 heavy (non-hydrogen) atoms. The SMILES string of the molecule is O=S(=O)(c1cc2ccccc2s1)N1CCC[C@@](CO)(Cc2ccccc2)C1. The molecule has 0 spiro atoms. The number of hydrogen-bond acceptors (Lipinski definition) is 4. The van der Waals surface area contributed by atoms with Crippen molar-refractivity contribution in [2.24, 2.45) is 5.41 Å². The van der Waals surface area contributed by atoms with Crippen LogP contribution in [0.15, 0.2) is 64.9 Å². The maximum absolute atomic E-state index is 13.3. The summed E-state index contributed by atoms with van der Waals surface area (Å²) in [6.45, 7) is 0.850. The van der Waals surface area contributed by atoms with Gasteiger partial charge in [0, 0.05) is 23.2 Å². The lowest BCUT2D eigenvalue weighted by molar-refractivity contribution is 0.0646. The van der Waals surface area contributed by atoms with E-state index in [1.54, 1.807) is 10.4 Å². The highest BCUT2D eigenvalue weighted by atomic mass is 32.2. The average Bonchev–Trinajstić information content (AvgIpc) is 3.14. The van der Waals surface area contributed by atoms with Crippen molar-refractivity contribution in [3.05, 3.63) is 66.2 Å². The normalized spacial score (nSPS) is 21.5. The van der Waals surface area contributed by atoms with E-state index >= 15 is 0 Å². The van der Waals surface area contributed by atoms with Crippen LogP contribution in [-0.2, 0) is 16.4 Å². The summed E-state index contributed by atoms with van der Waals surface area (Å²) in [5.74, 6) is 0. The number of thiophene rings is 1. The Balaban J connectivity index is 1.62. The summed E-state index contributed by atoms with van der Waals surface area (Å²) < 4.78 is 29.5. The number of aliphatic hydroxyl groups excluding tert-OH is 1. The number of piperidine rings is 1. The highest BCUT2D eigenvalue weighted by Crippen LogP contribution is 2.38. The van der Waals surface area contributed by atoms with E-state index in [-0.39, 0.29) is 6.61 Å². The van der Waals surface area contributed by atoms with E-state index < -0.39 is 15.4 Å². The molecule has 142 valence electrons. The van der Waals surface area contributed by atoms with E-state index in [1.165, 1.54) is 11.3 Å². The van der Waals surface area contributed by atoms with Crippen molar-refractivity contribution >= 4 is 31.4 Å². The van der Waals surface area contributed by atoms with Gasteiger partial charge in [0.25, 0.3) is 10.0 Å². The highest BCUT2D eigenvalue weighted by molar-refractivity contribution is 7.91. The number of fused-ring (bicyclic) bond motifs is 1. The number of nitrogens with zero attached hydrogens (tertiary/aromatic N) is 1. The van der Waals surface area contributed by atoms with Crippen LogP contribution >= 0.6 is 11.3 Å². The van der Waals surface area contributed by atoms with Gasteiger partial charge in [-0.2, -0.15) is 4.31 Å². The van der Waals surface area contributed by atoms with E-state index in [9.17, 15) is 13.5 Å². The second-order valence-corrected chi connectivity index (χ2v) is 10.6. The van der Waals surface area contributed by atoms with Gasteiger partial charge < -0.3 is 5.11 Å². The van der Waals surface area contributed by atoms with Crippen molar-refractivity contribution in [3.8, 4) is 0 Å². The molecule has 4 rings (SSSR count). The molecule has 0 radical (unpaired) electrons. The second-order valence-electron chi connectivity index (χ2n) is 7.37. The Labute approximate surface area is 164 Å². The second kappa shape index (κ2) is 7.36. The monoisotopic (exact) mass is 401 g/mol. The molecule has 2 aromatic carbocycles. The Kier molecular flexibility index (Phi) is 5.07. The van der Waals surface area contributed by atoms with Gasteiger partial charge in [-0.1, -0.05) is 48.5 Å². The quantitative estimate of drug-likeness (QED) is 0.705. The number of rotatable bonds is 5. The van der Waals surface area contributed by atoms with E-state index in [1.807, 2.05) is 54.6 Å². The van der Waals surface area contributed by atoms with Gasteiger partial charge in [-0.3, -0.25) is 0 Å². The zero-order chi connectivity index (χ0) is 18.9. The standard InChI is InChI=1S/C21H23NO3S2/c23-16-21(14-17-7-2-1-3-8-17)11-6-12-22(15-21)27(24,25)20-13-18-9-4-5-10-19(18)26-20/h1-5,7-10,13,23H,6,11-12,14-16H2/t21-/m1/s1. The van der Waals surface area contributed by atoms with Crippen LogP contribution in [0.25, 0.3) is 10.1 Å². The van der Waals surface area contributed by atoms with Gasteiger partial charge >= 0.3 is 0 Å². The number of sulfonamides is 1. The molecule has 2 heterocycles. The summed E-state index contributed by atoms with van der Waals surface area (Å²) in [6, 6.07) is 19.5. The smallest absolute Gasteiger partial charge is 0.252 e. The lowest BCUT2D eigenvalue weighted by Gasteiger charge is -2.41. The van der Waals surface area contributed by atoms with Crippen LogP contribution in [0.1, 0.15) is 18.4 Å². The molecule has 0 unspecified atom stereocenters. The summed E-state index contributed by atoms with van der Waals surface area (Å²) in [5, 5.41) is 11.1. The van der Waals surface area contributed by atoms with Gasteiger partial charge in [0.05, 0.1) is 6.61 Å². The van der Waals surface area contributed by atoms with Gasteiger partial charge in [-0.05, 0) is 42.3 Å². The summed E-state index contributed by atoms with van der Waals surface area (Å²) in [5.41, 5.74) is 0.705. The predicted molar refractivity (Wildman–Crippen MR) is 109 cm³/mol. The lowest BCUT2D eigenvalue weighted by Crippen LogP contribution is -2.48. The maximum atomic E-state index is 13.3. The molecule has 0 saturated carbocycles. The number of benzene rings is 2. The molecule has 1 fully saturated rings. The summed E-state index contributed by atoms with van der Waals surface area (Å²) in [7, 11) is -3.56. The van der Waals surface area contributed by atoms with Crippen molar-refractivity contribution in [2.75, 3.05) is 19.7 Å². The van der Waals surface area contributed by atoms with Crippen molar-refractivity contribution in [2.45, 2.75) is 23.5 Å².